The van der Waals surface area contributed by atoms with Crippen LogP contribution in [0.1, 0.15) is 0 Å². The van der Waals surface area contributed by atoms with Gasteiger partial charge in [-0.15, -0.1) is 0 Å². The molecule has 4 heteroatoms. The summed E-state index contributed by atoms with van der Waals surface area (Å²) in [5.74, 6) is 0. The van der Waals surface area contributed by atoms with Gasteiger partial charge < -0.3 is 0 Å². The number of halogens is 1. The molecule has 0 aromatic carbocycles. The molecule has 0 spiro atoms. The Morgan fingerprint density at radius 1 is 1.40 bits per heavy atom. The van der Waals surface area contributed by atoms with Crippen LogP contribution in [0.2, 0.25) is 0 Å². The molecule has 2 heterocycles. The van der Waals surface area contributed by atoms with E-state index in [9.17, 15) is 0 Å². The first kappa shape index (κ1) is 5.68. The van der Waals surface area contributed by atoms with Crippen LogP contribution < -0.4 is 0 Å². The molecule has 2 aromatic rings. The summed E-state index contributed by atoms with van der Waals surface area (Å²) in [7, 11) is 0. The maximum atomic E-state index is 5.69. The third kappa shape index (κ3) is 0.675. The number of hydrogen-bond acceptors (Lipinski definition) is 2. The van der Waals surface area contributed by atoms with Crippen LogP contribution in [-0.2, 0) is 0 Å². The van der Waals surface area contributed by atoms with Crippen molar-refractivity contribution in [2.75, 3.05) is 0 Å². The highest BCUT2D eigenvalue weighted by molar-refractivity contribution is 6.18. The van der Waals surface area contributed by atoms with E-state index in [2.05, 4.69) is 9.97 Å². The summed E-state index contributed by atoms with van der Waals surface area (Å²) in [6, 6.07) is 3.69. The largest absolute Gasteiger partial charge is 0.239 e. The standard InChI is InChI=1S/C6H4ClN3/c7-10-4-9-6-5(10)2-1-3-8-6/h1-4H. The Labute approximate surface area is 62.4 Å². The Kier molecular flexibility index (Phi) is 1.11. The number of imidazole rings is 1. The molecule has 3 nitrogen and oxygen atoms in total. The molecule has 0 fully saturated rings. The summed E-state index contributed by atoms with van der Waals surface area (Å²) >= 11 is 5.69. The van der Waals surface area contributed by atoms with Gasteiger partial charge in [-0.3, -0.25) is 0 Å². The lowest BCUT2D eigenvalue weighted by Crippen LogP contribution is -1.76. The van der Waals surface area contributed by atoms with E-state index in [1.54, 1.807) is 6.20 Å². The molecule has 0 bridgehead atoms. The molecule has 0 radical (unpaired) electrons. The quantitative estimate of drug-likeness (QED) is 0.573. The second-order valence-electron chi connectivity index (χ2n) is 1.90. The highest BCUT2D eigenvalue weighted by Gasteiger charge is 1.97. The molecular formula is C6H4ClN3. The number of hydrogen-bond donors (Lipinski definition) is 0. The summed E-state index contributed by atoms with van der Waals surface area (Å²) in [6.07, 6.45) is 3.21. The SMILES string of the molecule is Cln1cnc2ncccc21. The number of nitrogens with zero attached hydrogens (tertiary/aromatic N) is 3. The van der Waals surface area contributed by atoms with Gasteiger partial charge >= 0.3 is 0 Å². The highest BCUT2D eigenvalue weighted by atomic mass is 35.5. The summed E-state index contributed by atoms with van der Waals surface area (Å²) < 4.78 is 1.42. The number of fused-ring (bicyclic) bond motifs is 1. The van der Waals surface area contributed by atoms with E-state index >= 15 is 0 Å². The van der Waals surface area contributed by atoms with Gasteiger partial charge in [0.1, 0.15) is 11.8 Å². The summed E-state index contributed by atoms with van der Waals surface area (Å²) in [5.41, 5.74) is 1.52. The van der Waals surface area contributed by atoms with E-state index in [1.807, 2.05) is 12.1 Å². The Balaban J connectivity index is 2.93. The molecule has 50 valence electrons. The van der Waals surface area contributed by atoms with E-state index in [0.717, 1.165) is 5.52 Å². The lowest BCUT2D eigenvalue weighted by Gasteiger charge is -1.86. The average Bonchev–Trinajstić information content (AvgIpc) is 2.34. The van der Waals surface area contributed by atoms with Crippen molar-refractivity contribution in [1.29, 1.82) is 0 Å². The average molecular weight is 154 g/mol. The Morgan fingerprint density at radius 2 is 2.30 bits per heavy atom. The second kappa shape index (κ2) is 1.95. The van der Waals surface area contributed by atoms with Gasteiger partial charge in [0.15, 0.2) is 5.65 Å². The third-order valence-corrected chi connectivity index (χ3v) is 1.55. The number of aromatic nitrogens is 3. The summed E-state index contributed by atoms with van der Waals surface area (Å²) in [5, 5.41) is 0. The zero-order valence-electron chi connectivity index (χ0n) is 5.03. The number of pyridine rings is 1. The van der Waals surface area contributed by atoms with Crippen molar-refractivity contribution in [2.24, 2.45) is 0 Å². The molecule has 10 heavy (non-hydrogen) atoms. The maximum absolute atomic E-state index is 5.69. The predicted molar refractivity (Wildman–Crippen MR) is 38.8 cm³/mol. The molecule has 2 aromatic heterocycles. The van der Waals surface area contributed by atoms with Gasteiger partial charge in [0.05, 0.1) is 0 Å². The van der Waals surface area contributed by atoms with Crippen molar-refractivity contribution in [1.82, 2.24) is 14.1 Å². The van der Waals surface area contributed by atoms with Crippen molar-refractivity contribution in [2.45, 2.75) is 0 Å². The minimum absolute atomic E-state index is 0.678. The van der Waals surface area contributed by atoms with E-state index < -0.39 is 0 Å². The van der Waals surface area contributed by atoms with Crippen LogP contribution in [0.3, 0.4) is 0 Å². The van der Waals surface area contributed by atoms with Gasteiger partial charge in [-0.25, -0.2) is 14.1 Å². The minimum Gasteiger partial charge on any atom is -0.239 e. The molecule has 0 saturated heterocycles. The second-order valence-corrected chi connectivity index (χ2v) is 2.27. The molecule has 0 aliphatic heterocycles. The van der Waals surface area contributed by atoms with E-state index in [0.29, 0.717) is 5.65 Å². The van der Waals surface area contributed by atoms with E-state index in [1.165, 1.54) is 10.4 Å². The fourth-order valence-corrected chi connectivity index (χ4v) is 0.998. The van der Waals surface area contributed by atoms with Gasteiger partial charge in [0.2, 0.25) is 0 Å². The first-order valence-electron chi connectivity index (χ1n) is 2.82. The van der Waals surface area contributed by atoms with Gasteiger partial charge in [0, 0.05) is 18.0 Å². The maximum Gasteiger partial charge on any atom is 0.178 e. The molecule has 0 amide bonds. The highest BCUT2D eigenvalue weighted by Crippen LogP contribution is 2.08. The Bertz CT molecular complexity index is 355. The Hall–Kier alpha value is -1.09. The van der Waals surface area contributed by atoms with Crippen LogP contribution >= 0.6 is 11.8 Å². The van der Waals surface area contributed by atoms with Crippen LogP contribution in [0, 0.1) is 0 Å². The van der Waals surface area contributed by atoms with Crippen LogP contribution in [0.5, 0.6) is 0 Å². The predicted octanol–water partition coefficient (Wildman–Crippen LogP) is 1.43. The zero-order valence-corrected chi connectivity index (χ0v) is 5.78. The molecule has 0 aliphatic rings. The lowest BCUT2D eigenvalue weighted by molar-refractivity contribution is 1.24. The zero-order chi connectivity index (χ0) is 6.97. The minimum atomic E-state index is 0.678. The van der Waals surface area contributed by atoms with Gasteiger partial charge in [-0.1, -0.05) is 0 Å². The molecule has 0 aliphatic carbocycles. The van der Waals surface area contributed by atoms with Crippen LogP contribution in [0.4, 0.5) is 0 Å². The van der Waals surface area contributed by atoms with Crippen molar-refractivity contribution in [3.63, 3.8) is 0 Å². The Morgan fingerprint density at radius 3 is 3.10 bits per heavy atom. The van der Waals surface area contributed by atoms with Crippen molar-refractivity contribution in [3.8, 4) is 0 Å². The molecule has 2 rings (SSSR count). The first-order valence-corrected chi connectivity index (χ1v) is 3.16. The topological polar surface area (TPSA) is 30.7 Å². The molecular weight excluding hydrogens is 150 g/mol. The van der Waals surface area contributed by atoms with Gasteiger partial charge in [0.25, 0.3) is 0 Å². The summed E-state index contributed by atoms with van der Waals surface area (Å²) in [4.78, 5) is 7.92. The molecule has 0 unspecified atom stereocenters. The van der Waals surface area contributed by atoms with Crippen LogP contribution in [0.25, 0.3) is 11.2 Å². The monoisotopic (exact) mass is 153 g/mol. The first-order chi connectivity index (χ1) is 4.88. The fraction of sp³-hybridized carbons (Fsp3) is 0. The lowest BCUT2D eigenvalue weighted by atomic mass is 10.4. The van der Waals surface area contributed by atoms with Gasteiger partial charge in [-0.2, -0.15) is 0 Å². The van der Waals surface area contributed by atoms with E-state index in [-0.39, 0.29) is 0 Å². The fourth-order valence-electron chi connectivity index (χ4n) is 0.822. The van der Waals surface area contributed by atoms with Crippen molar-refractivity contribution >= 4 is 22.9 Å². The molecule has 0 saturated carbocycles. The third-order valence-electron chi connectivity index (χ3n) is 1.28. The van der Waals surface area contributed by atoms with Crippen LogP contribution in [-0.4, -0.2) is 14.1 Å². The molecule has 0 N–H and O–H groups in total. The van der Waals surface area contributed by atoms with Crippen LogP contribution in [0.15, 0.2) is 24.7 Å². The van der Waals surface area contributed by atoms with E-state index in [4.69, 9.17) is 11.8 Å². The normalized spacial score (nSPS) is 10.5. The van der Waals surface area contributed by atoms with Crippen molar-refractivity contribution in [3.05, 3.63) is 24.7 Å². The number of rotatable bonds is 0. The molecule has 0 atom stereocenters. The van der Waals surface area contributed by atoms with Crippen molar-refractivity contribution < 1.29 is 0 Å². The summed E-state index contributed by atoms with van der Waals surface area (Å²) in [6.45, 7) is 0. The smallest absolute Gasteiger partial charge is 0.178 e. The van der Waals surface area contributed by atoms with Gasteiger partial charge in [-0.05, 0) is 12.1 Å².